The first-order chi connectivity index (χ1) is 11.6. The predicted octanol–water partition coefficient (Wildman–Crippen LogP) is -0.235. The van der Waals surface area contributed by atoms with Gasteiger partial charge in [0.25, 0.3) is 5.88 Å². The Bertz CT molecular complexity index is 999. The van der Waals surface area contributed by atoms with E-state index < -0.39 is 10.8 Å². The van der Waals surface area contributed by atoms with Gasteiger partial charge in [0.1, 0.15) is 0 Å². The molecule has 2 aromatic rings. The van der Waals surface area contributed by atoms with Gasteiger partial charge in [-0.15, -0.1) is 0 Å². The molecule has 2 aliphatic rings. The van der Waals surface area contributed by atoms with Crippen LogP contribution in [0.1, 0.15) is 0 Å². The fourth-order valence-corrected chi connectivity index (χ4v) is 3.67. The van der Waals surface area contributed by atoms with Gasteiger partial charge in [-0.1, -0.05) is 18.2 Å². The van der Waals surface area contributed by atoms with E-state index in [9.17, 15) is 9.32 Å². The standard InChI is InChI=1S/C18H17N3O2S.H2O/c1-20-11-12-5-3-4-6-15(12)16-17(20)18(22)21(19-16)13-7-9-14(10-8-13)24(2)23;/h3-11,19,22H,1-2H3;1H2. The van der Waals surface area contributed by atoms with Crippen LogP contribution in [0.2, 0.25) is 0 Å². The van der Waals surface area contributed by atoms with Crippen molar-refractivity contribution in [3.8, 4) is 0 Å². The second-order valence-electron chi connectivity index (χ2n) is 5.86. The highest BCUT2D eigenvalue weighted by molar-refractivity contribution is 7.84. The summed E-state index contributed by atoms with van der Waals surface area (Å²) < 4.78 is 11.5. The lowest BCUT2D eigenvalue weighted by atomic mass is 10.1. The molecule has 0 aliphatic carbocycles. The molecule has 1 atom stereocenters. The van der Waals surface area contributed by atoms with Crippen LogP contribution in [0.25, 0.3) is 11.9 Å². The average Bonchev–Trinajstić information content (AvgIpc) is 2.93. The fourth-order valence-electron chi connectivity index (χ4n) is 3.15. The number of nitrogens with two attached hydrogens (primary N) is 1. The first-order valence-corrected chi connectivity index (χ1v) is 9.17. The van der Waals surface area contributed by atoms with Crippen LogP contribution in [0.3, 0.4) is 0 Å². The minimum Gasteiger partial charge on any atom is -0.870 e. The lowest BCUT2D eigenvalue weighted by Gasteiger charge is -2.16. The summed E-state index contributed by atoms with van der Waals surface area (Å²) in [5, 5.41) is 14.7. The number of aliphatic hydroxyl groups excluding tert-OH is 1. The smallest absolute Gasteiger partial charge is 0.270 e. The maximum absolute atomic E-state index is 11.5. The van der Waals surface area contributed by atoms with Crippen molar-refractivity contribution in [1.82, 2.24) is 4.90 Å². The van der Waals surface area contributed by atoms with Crippen LogP contribution in [0.15, 0.2) is 65.0 Å². The van der Waals surface area contributed by atoms with Crippen LogP contribution in [0.4, 0.5) is 5.69 Å². The summed E-state index contributed by atoms with van der Waals surface area (Å²) in [6.07, 6.45) is 3.67. The number of hydrogen-bond acceptors (Lipinski definition) is 5. The molecule has 0 bridgehead atoms. The number of benzene rings is 2. The number of anilines is 1. The first kappa shape index (κ1) is 17.2. The van der Waals surface area contributed by atoms with Crippen molar-refractivity contribution in [2.24, 2.45) is 0 Å². The summed E-state index contributed by atoms with van der Waals surface area (Å²) >= 11 is 0. The number of nitrogens with zero attached hydrogens (tertiary/aromatic N) is 2. The lowest BCUT2D eigenvalue weighted by Crippen LogP contribution is -2.90. The van der Waals surface area contributed by atoms with Crippen LogP contribution >= 0.6 is 0 Å². The van der Waals surface area contributed by atoms with Gasteiger partial charge in [-0.2, -0.15) is 5.01 Å². The Kier molecular flexibility index (Phi) is 4.38. The second-order valence-corrected chi connectivity index (χ2v) is 7.24. The molecule has 0 spiro atoms. The normalized spacial score (nSPS) is 16.8. The largest absolute Gasteiger partial charge is 0.870 e. The van der Waals surface area contributed by atoms with Crippen molar-refractivity contribution < 1.29 is 20.2 Å². The molecule has 6 nitrogen and oxygen atoms in total. The van der Waals surface area contributed by atoms with Crippen molar-refractivity contribution in [3.63, 3.8) is 0 Å². The Labute approximate surface area is 147 Å². The number of hydrogen-bond donors (Lipinski definition) is 2. The highest BCUT2D eigenvalue weighted by atomic mass is 32.2. The number of aliphatic hydroxyl groups is 1. The molecule has 0 saturated carbocycles. The molecular weight excluding hydrogens is 338 g/mol. The second kappa shape index (κ2) is 6.36. The molecule has 0 saturated heterocycles. The summed E-state index contributed by atoms with van der Waals surface area (Å²) in [5.74, 6) is 0.198. The van der Waals surface area contributed by atoms with Crippen molar-refractivity contribution >= 4 is 28.4 Å². The van der Waals surface area contributed by atoms with Crippen molar-refractivity contribution in [2.45, 2.75) is 4.90 Å². The van der Waals surface area contributed by atoms with Crippen molar-refractivity contribution in [1.29, 1.82) is 0 Å². The van der Waals surface area contributed by atoms with E-state index in [4.69, 9.17) is 0 Å². The van der Waals surface area contributed by atoms with E-state index >= 15 is 0 Å². The molecule has 0 amide bonds. The highest BCUT2D eigenvalue weighted by Crippen LogP contribution is 2.25. The lowest BCUT2D eigenvalue weighted by molar-refractivity contribution is -0.568. The number of quaternary nitrogens is 1. The van der Waals surface area contributed by atoms with Gasteiger partial charge in [-0.3, -0.25) is 4.21 Å². The van der Waals surface area contributed by atoms with Gasteiger partial charge in [0.2, 0.25) is 0 Å². The van der Waals surface area contributed by atoms with E-state index in [0.29, 0.717) is 0 Å². The van der Waals surface area contributed by atoms with Crippen LogP contribution in [-0.2, 0) is 10.8 Å². The molecule has 0 aromatic heterocycles. The third-order valence-electron chi connectivity index (χ3n) is 4.34. The molecule has 0 fully saturated rings. The van der Waals surface area contributed by atoms with Gasteiger partial charge < -0.3 is 15.5 Å². The molecular formula is C18H19N3O3S. The summed E-state index contributed by atoms with van der Waals surface area (Å²) in [6.45, 7) is 0. The Morgan fingerprint density at radius 2 is 1.76 bits per heavy atom. The SMILES string of the molecule is CN1C=c2ccccc2=C2[NH2+]N(c3ccc(S(C)=O)cc3)C(O)=C21.[OH-]. The van der Waals surface area contributed by atoms with E-state index in [1.54, 1.807) is 11.3 Å². The number of fused-ring (bicyclic) bond motifs is 2. The Hall–Kier alpha value is -2.61. The zero-order chi connectivity index (χ0) is 16.8. The van der Waals surface area contributed by atoms with Crippen LogP contribution in [0.5, 0.6) is 0 Å². The fraction of sp³-hybridized carbons (Fsp3) is 0.111. The maximum Gasteiger partial charge on any atom is 0.270 e. The molecule has 1 unspecified atom stereocenters. The molecule has 130 valence electrons. The van der Waals surface area contributed by atoms with Gasteiger partial charge in [-0.25, -0.2) is 5.43 Å². The monoisotopic (exact) mass is 357 g/mol. The highest BCUT2D eigenvalue weighted by Gasteiger charge is 2.36. The summed E-state index contributed by atoms with van der Waals surface area (Å²) in [4.78, 5) is 2.71. The molecule has 2 aromatic carbocycles. The Balaban J connectivity index is 0.00000182. The van der Waals surface area contributed by atoms with Gasteiger partial charge in [0.15, 0.2) is 11.4 Å². The van der Waals surface area contributed by atoms with Gasteiger partial charge >= 0.3 is 0 Å². The van der Waals surface area contributed by atoms with Gasteiger partial charge in [0.05, 0.1) is 5.69 Å². The zero-order valence-electron chi connectivity index (χ0n) is 13.9. The van der Waals surface area contributed by atoms with Crippen LogP contribution in [0, 0.1) is 0 Å². The van der Waals surface area contributed by atoms with Gasteiger partial charge in [-0.05, 0) is 30.3 Å². The molecule has 7 heteroatoms. The molecule has 2 heterocycles. The van der Waals surface area contributed by atoms with Crippen LogP contribution in [-0.4, -0.2) is 33.0 Å². The molecule has 4 N–H and O–H groups in total. The van der Waals surface area contributed by atoms with Gasteiger partial charge in [0, 0.05) is 45.6 Å². The third kappa shape index (κ3) is 2.72. The molecule has 0 radical (unpaired) electrons. The summed E-state index contributed by atoms with van der Waals surface area (Å²) in [6, 6.07) is 15.5. The molecule has 25 heavy (non-hydrogen) atoms. The number of likely N-dealkylation sites (N-methyl/N-ethyl adjacent to an activating group) is 1. The summed E-state index contributed by atoms with van der Waals surface area (Å²) in [5.41, 5.74) is 4.57. The zero-order valence-corrected chi connectivity index (χ0v) is 14.7. The molecule has 4 rings (SSSR count). The maximum atomic E-state index is 11.5. The van der Waals surface area contributed by atoms with E-state index in [1.807, 2.05) is 60.0 Å². The predicted molar refractivity (Wildman–Crippen MR) is 96.1 cm³/mol. The topological polar surface area (TPSA) is 90.4 Å². The van der Waals surface area contributed by atoms with E-state index in [1.165, 1.54) is 0 Å². The minimum absolute atomic E-state index is 0. The average molecular weight is 357 g/mol. The van der Waals surface area contributed by atoms with Crippen molar-refractivity contribution in [2.75, 3.05) is 18.3 Å². The van der Waals surface area contributed by atoms with Crippen LogP contribution < -0.4 is 20.9 Å². The third-order valence-corrected chi connectivity index (χ3v) is 5.27. The minimum atomic E-state index is -1.01. The van der Waals surface area contributed by atoms with E-state index in [0.717, 1.165) is 32.4 Å². The quantitative estimate of drug-likeness (QED) is 0.725. The molecule has 2 aliphatic heterocycles. The summed E-state index contributed by atoms with van der Waals surface area (Å²) in [7, 11) is 0.921. The van der Waals surface area contributed by atoms with E-state index in [2.05, 4.69) is 12.1 Å². The Morgan fingerprint density at radius 3 is 2.44 bits per heavy atom. The van der Waals surface area contributed by atoms with E-state index in [-0.39, 0.29) is 11.4 Å². The first-order valence-electron chi connectivity index (χ1n) is 7.61. The van der Waals surface area contributed by atoms with Crippen molar-refractivity contribution in [3.05, 3.63) is 70.5 Å². The number of rotatable bonds is 2. The Morgan fingerprint density at radius 1 is 1.08 bits per heavy atom.